The highest BCUT2D eigenvalue weighted by molar-refractivity contribution is 5.98. The Morgan fingerprint density at radius 1 is 1.04 bits per heavy atom. The summed E-state index contributed by atoms with van der Waals surface area (Å²) >= 11 is 0. The monoisotopic (exact) mass is 359 g/mol. The second-order valence-corrected chi connectivity index (χ2v) is 5.31. The van der Waals surface area contributed by atoms with Crippen LogP contribution in [0.3, 0.4) is 0 Å². The van der Waals surface area contributed by atoms with Crippen LogP contribution >= 0.6 is 0 Å². The van der Waals surface area contributed by atoms with Gasteiger partial charge in [-0.2, -0.15) is 0 Å². The number of ketones is 1. The first-order valence-electron chi connectivity index (χ1n) is 7.61. The van der Waals surface area contributed by atoms with E-state index in [1.54, 1.807) is 31.2 Å². The molecule has 8 nitrogen and oxygen atoms in total. The third-order valence-corrected chi connectivity index (χ3v) is 3.51. The number of carbonyl (C=O) groups excluding carboxylic acids is 2. The molecule has 0 aromatic heterocycles. The predicted molar refractivity (Wildman–Crippen MR) is 91.6 cm³/mol. The first-order valence-corrected chi connectivity index (χ1v) is 7.61. The van der Waals surface area contributed by atoms with Gasteiger partial charge in [0, 0.05) is 17.2 Å². The van der Waals surface area contributed by atoms with Crippen molar-refractivity contribution in [3.63, 3.8) is 0 Å². The van der Waals surface area contributed by atoms with Crippen LogP contribution in [-0.2, 0) is 9.53 Å². The Bertz CT molecular complexity index is 815. The van der Waals surface area contributed by atoms with Crippen LogP contribution in [0.5, 0.6) is 11.5 Å². The molecule has 0 aliphatic rings. The molecule has 136 valence electrons. The molecule has 0 amide bonds. The Labute approximate surface area is 149 Å². The first kappa shape index (κ1) is 18.9. The fourth-order valence-electron chi connectivity index (χ4n) is 2.06. The summed E-state index contributed by atoms with van der Waals surface area (Å²) in [5, 5.41) is 10.9. The maximum atomic E-state index is 12.0. The second-order valence-electron chi connectivity index (χ2n) is 5.31. The van der Waals surface area contributed by atoms with Gasteiger partial charge in [0.2, 0.25) is 5.78 Å². The zero-order valence-corrected chi connectivity index (χ0v) is 14.3. The summed E-state index contributed by atoms with van der Waals surface area (Å²) in [6.07, 6.45) is 0. The number of rotatable bonds is 8. The summed E-state index contributed by atoms with van der Waals surface area (Å²) in [4.78, 5) is 34.0. The molecule has 0 saturated carbocycles. The fourth-order valence-corrected chi connectivity index (χ4v) is 2.06. The van der Waals surface area contributed by atoms with Crippen LogP contribution in [0.25, 0.3) is 0 Å². The van der Waals surface area contributed by atoms with E-state index in [0.717, 1.165) is 0 Å². The molecular weight excluding hydrogens is 342 g/mol. The van der Waals surface area contributed by atoms with Crippen LogP contribution < -0.4 is 9.47 Å². The van der Waals surface area contributed by atoms with E-state index < -0.39 is 23.3 Å². The quantitative estimate of drug-likeness (QED) is 0.309. The molecule has 0 aliphatic heterocycles. The first-order chi connectivity index (χ1) is 12.4. The lowest BCUT2D eigenvalue weighted by Crippen LogP contribution is -2.19. The van der Waals surface area contributed by atoms with Gasteiger partial charge in [0.1, 0.15) is 11.5 Å². The van der Waals surface area contributed by atoms with Gasteiger partial charge in [0.25, 0.3) is 5.69 Å². The van der Waals surface area contributed by atoms with Crippen molar-refractivity contribution in [3.05, 3.63) is 63.7 Å². The summed E-state index contributed by atoms with van der Waals surface area (Å²) in [5.41, 5.74) is 0.382. The normalized spacial score (nSPS) is 10.1. The number of benzene rings is 2. The lowest BCUT2D eigenvalue weighted by Gasteiger charge is -2.07. The molecule has 0 unspecified atom stereocenters. The van der Waals surface area contributed by atoms with Gasteiger partial charge in [-0.1, -0.05) is 12.1 Å². The van der Waals surface area contributed by atoms with E-state index >= 15 is 0 Å². The Morgan fingerprint density at radius 3 is 2.31 bits per heavy atom. The van der Waals surface area contributed by atoms with Crippen molar-refractivity contribution >= 4 is 17.4 Å². The molecule has 8 heteroatoms. The predicted octanol–water partition coefficient (Wildman–Crippen LogP) is 2.72. The second kappa shape index (κ2) is 8.61. The molecule has 0 aliphatic carbocycles. The number of nitrogens with zero attached hydrogens (tertiary/aromatic N) is 1. The van der Waals surface area contributed by atoms with E-state index in [1.165, 1.54) is 25.3 Å². The lowest BCUT2D eigenvalue weighted by atomic mass is 10.1. The number of methoxy groups -OCH3 is 1. The molecule has 2 aromatic rings. The van der Waals surface area contributed by atoms with Crippen LogP contribution in [0, 0.1) is 17.0 Å². The van der Waals surface area contributed by atoms with Crippen molar-refractivity contribution in [3.8, 4) is 11.5 Å². The van der Waals surface area contributed by atoms with Gasteiger partial charge in [-0.05, 0) is 31.2 Å². The number of hydrogen-bond donors (Lipinski definition) is 0. The average molecular weight is 359 g/mol. The Balaban J connectivity index is 1.85. The van der Waals surface area contributed by atoms with Gasteiger partial charge < -0.3 is 14.2 Å². The van der Waals surface area contributed by atoms with E-state index in [1.807, 2.05) is 0 Å². The Hall–Kier alpha value is -3.42. The van der Waals surface area contributed by atoms with Crippen LogP contribution in [0.2, 0.25) is 0 Å². The number of aryl methyl sites for hydroxylation is 1. The maximum absolute atomic E-state index is 12.0. The number of ether oxygens (including phenoxy) is 3. The van der Waals surface area contributed by atoms with Gasteiger partial charge in [0.15, 0.2) is 13.2 Å². The fraction of sp³-hybridized carbons (Fsp3) is 0.222. The molecule has 2 aromatic carbocycles. The van der Waals surface area contributed by atoms with Crippen molar-refractivity contribution in [1.82, 2.24) is 0 Å². The average Bonchev–Trinajstić information content (AvgIpc) is 2.64. The van der Waals surface area contributed by atoms with Gasteiger partial charge in [-0.15, -0.1) is 0 Å². The van der Waals surface area contributed by atoms with E-state index in [0.29, 0.717) is 17.1 Å². The highest BCUT2D eigenvalue weighted by atomic mass is 16.6. The van der Waals surface area contributed by atoms with Gasteiger partial charge in [0.05, 0.1) is 12.0 Å². The summed E-state index contributed by atoms with van der Waals surface area (Å²) in [6, 6.07) is 10.7. The molecule has 0 N–H and O–H groups in total. The number of hydrogen-bond acceptors (Lipinski definition) is 7. The topological polar surface area (TPSA) is 105 Å². The smallest absolute Gasteiger partial charge is 0.344 e. The molecule has 0 heterocycles. The lowest BCUT2D eigenvalue weighted by molar-refractivity contribution is -0.385. The number of carbonyl (C=O) groups is 2. The van der Waals surface area contributed by atoms with Crippen LogP contribution in [0.15, 0.2) is 42.5 Å². The molecule has 26 heavy (non-hydrogen) atoms. The summed E-state index contributed by atoms with van der Waals surface area (Å²) < 4.78 is 15.1. The molecular formula is C18H17NO7. The van der Waals surface area contributed by atoms with Crippen molar-refractivity contribution in [2.75, 3.05) is 20.3 Å². The maximum Gasteiger partial charge on any atom is 0.344 e. The molecule has 0 spiro atoms. The van der Waals surface area contributed by atoms with Crippen molar-refractivity contribution < 1.29 is 28.7 Å². The Kier molecular flexibility index (Phi) is 6.26. The van der Waals surface area contributed by atoms with Crippen LogP contribution in [-0.4, -0.2) is 37.0 Å². The van der Waals surface area contributed by atoms with Crippen molar-refractivity contribution in [2.24, 2.45) is 0 Å². The summed E-state index contributed by atoms with van der Waals surface area (Å²) in [6.45, 7) is 0.682. The van der Waals surface area contributed by atoms with Gasteiger partial charge in [-0.25, -0.2) is 4.79 Å². The van der Waals surface area contributed by atoms with Crippen LogP contribution in [0.1, 0.15) is 15.9 Å². The van der Waals surface area contributed by atoms with Crippen LogP contribution in [0.4, 0.5) is 5.69 Å². The summed E-state index contributed by atoms with van der Waals surface area (Å²) in [7, 11) is 1.53. The number of Topliss-reactive ketones (excluding diaryl/α,β-unsaturated/α-hetero) is 1. The largest absolute Gasteiger partial charge is 0.497 e. The van der Waals surface area contributed by atoms with E-state index in [9.17, 15) is 19.7 Å². The molecule has 0 radical (unpaired) electrons. The third kappa shape index (κ3) is 5.04. The van der Waals surface area contributed by atoms with Crippen molar-refractivity contribution in [2.45, 2.75) is 6.92 Å². The molecule has 0 bridgehead atoms. The minimum absolute atomic E-state index is 0.103. The van der Waals surface area contributed by atoms with Gasteiger partial charge in [-0.3, -0.25) is 14.9 Å². The SMILES string of the molecule is COc1ccc(OCC(=O)OCC(=O)c2ccc(C)c([N+](=O)[O-])c2)cc1. The zero-order chi connectivity index (χ0) is 19.1. The van der Waals surface area contributed by atoms with E-state index in [4.69, 9.17) is 14.2 Å². The molecule has 2 rings (SSSR count). The molecule has 0 saturated heterocycles. The Morgan fingerprint density at radius 2 is 1.69 bits per heavy atom. The summed E-state index contributed by atoms with van der Waals surface area (Å²) in [5.74, 6) is -0.164. The molecule has 0 fully saturated rings. The standard InChI is InChI=1S/C18H17NO7/c1-12-3-4-13(9-16(12)19(22)23)17(20)10-26-18(21)11-25-15-7-5-14(24-2)6-8-15/h3-9H,10-11H2,1-2H3. The highest BCUT2D eigenvalue weighted by Crippen LogP contribution is 2.20. The number of esters is 1. The van der Waals surface area contributed by atoms with E-state index in [-0.39, 0.29) is 17.9 Å². The van der Waals surface area contributed by atoms with Crippen molar-refractivity contribution in [1.29, 1.82) is 0 Å². The van der Waals surface area contributed by atoms with Gasteiger partial charge >= 0.3 is 5.97 Å². The zero-order valence-electron chi connectivity index (χ0n) is 14.3. The minimum atomic E-state index is -0.726. The molecule has 0 atom stereocenters. The highest BCUT2D eigenvalue weighted by Gasteiger charge is 2.16. The minimum Gasteiger partial charge on any atom is -0.497 e. The number of nitro benzene ring substituents is 1. The number of nitro groups is 1. The third-order valence-electron chi connectivity index (χ3n) is 3.51. The van der Waals surface area contributed by atoms with E-state index in [2.05, 4.69) is 0 Å².